The maximum absolute atomic E-state index is 13.2. The van der Waals surface area contributed by atoms with Crippen molar-refractivity contribution >= 4 is 21.6 Å². The van der Waals surface area contributed by atoms with Crippen molar-refractivity contribution in [2.45, 2.75) is 24.3 Å². The molecular formula is C19H23N3O4S. The maximum atomic E-state index is 13.2. The zero-order chi connectivity index (χ0) is 19.6. The van der Waals surface area contributed by atoms with Crippen LogP contribution in [0.3, 0.4) is 0 Å². The molecule has 3 N–H and O–H groups in total. The molecule has 0 aromatic heterocycles. The summed E-state index contributed by atoms with van der Waals surface area (Å²) in [6, 6.07) is 11.5. The van der Waals surface area contributed by atoms with Gasteiger partial charge in [0.15, 0.2) is 0 Å². The number of hydrogen-bond acceptors (Lipinski definition) is 5. The topological polar surface area (TPSA) is 102 Å². The largest absolute Gasteiger partial charge is 0.496 e. The van der Waals surface area contributed by atoms with E-state index in [4.69, 9.17) is 10.5 Å². The van der Waals surface area contributed by atoms with Crippen LogP contribution in [0.1, 0.15) is 22.8 Å². The molecule has 0 saturated carbocycles. The minimum absolute atomic E-state index is 0.0468. The Hall–Kier alpha value is -2.58. The minimum Gasteiger partial charge on any atom is -0.496 e. The van der Waals surface area contributed by atoms with Gasteiger partial charge in [0.25, 0.3) is 15.9 Å². The first-order valence-corrected chi connectivity index (χ1v) is 10.1. The van der Waals surface area contributed by atoms with Crippen molar-refractivity contribution in [3.8, 4) is 5.75 Å². The number of hydrogen-bond donors (Lipinski definition) is 2. The lowest BCUT2D eigenvalue weighted by molar-refractivity contribution is 0.0938. The lowest BCUT2D eigenvalue weighted by Crippen LogP contribution is -2.38. The number of carbonyl (C=O) groups is 1. The van der Waals surface area contributed by atoms with E-state index in [2.05, 4.69) is 5.32 Å². The number of carbonyl (C=O) groups excluding carboxylic acids is 1. The van der Waals surface area contributed by atoms with E-state index in [0.29, 0.717) is 24.4 Å². The summed E-state index contributed by atoms with van der Waals surface area (Å²) in [4.78, 5) is 12.6. The van der Waals surface area contributed by atoms with Crippen LogP contribution in [0.2, 0.25) is 0 Å². The fourth-order valence-corrected chi connectivity index (χ4v) is 4.60. The van der Waals surface area contributed by atoms with Crippen molar-refractivity contribution in [2.75, 3.05) is 24.5 Å². The van der Waals surface area contributed by atoms with Gasteiger partial charge in [-0.1, -0.05) is 18.2 Å². The molecule has 0 radical (unpaired) electrons. The Kier molecular flexibility index (Phi) is 5.38. The fraction of sp³-hybridized carbons (Fsp3) is 0.316. The number of rotatable bonds is 6. The number of methoxy groups -OCH3 is 1. The van der Waals surface area contributed by atoms with Gasteiger partial charge < -0.3 is 15.8 Å². The SMILES string of the molecule is COc1ccc(S(=O)(=O)N2CCc3ccccc32)cc1C(=O)N[C@@H](C)CN. The zero-order valence-corrected chi connectivity index (χ0v) is 16.1. The van der Waals surface area contributed by atoms with Crippen molar-refractivity contribution in [2.24, 2.45) is 5.73 Å². The summed E-state index contributed by atoms with van der Waals surface area (Å²) < 4.78 is 33.0. The number of amides is 1. The highest BCUT2D eigenvalue weighted by molar-refractivity contribution is 7.92. The average Bonchev–Trinajstić information content (AvgIpc) is 3.12. The second-order valence-corrected chi connectivity index (χ2v) is 8.29. The Morgan fingerprint density at radius 1 is 1.30 bits per heavy atom. The molecule has 1 amide bonds. The van der Waals surface area contributed by atoms with Crippen LogP contribution in [0.4, 0.5) is 5.69 Å². The Morgan fingerprint density at radius 3 is 2.74 bits per heavy atom. The summed E-state index contributed by atoms with van der Waals surface area (Å²) in [7, 11) is -2.36. The summed E-state index contributed by atoms with van der Waals surface area (Å²) in [6.07, 6.45) is 0.660. The van der Waals surface area contributed by atoms with E-state index in [1.807, 2.05) is 18.2 Å². The summed E-state index contributed by atoms with van der Waals surface area (Å²) in [5, 5.41) is 2.73. The van der Waals surface area contributed by atoms with E-state index in [-0.39, 0.29) is 23.0 Å². The Labute approximate surface area is 159 Å². The first-order chi connectivity index (χ1) is 12.9. The van der Waals surface area contributed by atoms with Crippen LogP contribution in [-0.2, 0) is 16.4 Å². The first kappa shape index (κ1) is 19.2. The summed E-state index contributed by atoms with van der Waals surface area (Å²) in [6.45, 7) is 2.42. The number of para-hydroxylation sites is 1. The quantitative estimate of drug-likeness (QED) is 0.780. The number of nitrogens with zero attached hydrogens (tertiary/aromatic N) is 1. The molecule has 0 saturated heterocycles. The van der Waals surface area contributed by atoms with Crippen molar-refractivity contribution in [1.82, 2.24) is 5.32 Å². The number of ether oxygens (including phenoxy) is 1. The van der Waals surface area contributed by atoms with Crippen molar-refractivity contribution in [1.29, 1.82) is 0 Å². The zero-order valence-electron chi connectivity index (χ0n) is 15.3. The van der Waals surface area contributed by atoms with Gasteiger partial charge in [-0.05, 0) is 43.2 Å². The van der Waals surface area contributed by atoms with E-state index in [1.54, 1.807) is 13.0 Å². The molecule has 8 heteroatoms. The van der Waals surface area contributed by atoms with Gasteiger partial charge in [-0.25, -0.2) is 8.42 Å². The Bertz CT molecular complexity index is 959. The molecule has 1 atom stereocenters. The lowest BCUT2D eigenvalue weighted by atomic mass is 10.1. The van der Waals surface area contributed by atoms with Crippen LogP contribution in [0.15, 0.2) is 47.4 Å². The maximum Gasteiger partial charge on any atom is 0.264 e. The highest BCUT2D eigenvalue weighted by atomic mass is 32.2. The molecule has 3 rings (SSSR count). The highest BCUT2D eigenvalue weighted by Crippen LogP contribution is 2.33. The smallest absolute Gasteiger partial charge is 0.264 e. The van der Waals surface area contributed by atoms with Crippen LogP contribution in [0, 0.1) is 0 Å². The number of nitrogens with one attached hydrogen (secondary N) is 1. The molecule has 0 fully saturated rings. The second-order valence-electron chi connectivity index (χ2n) is 6.43. The van der Waals surface area contributed by atoms with Gasteiger partial charge in [0.2, 0.25) is 0 Å². The van der Waals surface area contributed by atoms with E-state index < -0.39 is 15.9 Å². The van der Waals surface area contributed by atoms with Gasteiger partial charge in [-0.15, -0.1) is 0 Å². The first-order valence-electron chi connectivity index (χ1n) is 8.68. The molecule has 0 spiro atoms. The molecule has 144 valence electrons. The molecule has 0 bridgehead atoms. The van der Waals surface area contributed by atoms with Gasteiger partial charge in [0.05, 0.1) is 23.3 Å². The van der Waals surface area contributed by atoms with Crippen molar-refractivity contribution in [3.63, 3.8) is 0 Å². The van der Waals surface area contributed by atoms with E-state index in [1.165, 1.54) is 29.6 Å². The summed E-state index contributed by atoms with van der Waals surface area (Å²) in [5.74, 6) is -0.124. The van der Waals surface area contributed by atoms with Gasteiger partial charge in [0, 0.05) is 19.1 Å². The van der Waals surface area contributed by atoms with E-state index in [0.717, 1.165) is 5.56 Å². The summed E-state index contributed by atoms with van der Waals surface area (Å²) in [5.41, 5.74) is 7.37. The van der Waals surface area contributed by atoms with Crippen LogP contribution in [0.5, 0.6) is 5.75 Å². The molecule has 0 aliphatic carbocycles. The minimum atomic E-state index is -3.79. The third-order valence-corrected chi connectivity index (χ3v) is 6.39. The van der Waals surface area contributed by atoms with Gasteiger partial charge in [-0.2, -0.15) is 0 Å². The molecule has 1 heterocycles. The predicted molar refractivity (Wildman–Crippen MR) is 104 cm³/mol. The molecule has 1 aliphatic heterocycles. The van der Waals surface area contributed by atoms with Crippen molar-refractivity contribution in [3.05, 3.63) is 53.6 Å². The van der Waals surface area contributed by atoms with Gasteiger partial charge in [-0.3, -0.25) is 9.10 Å². The van der Waals surface area contributed by atoms with E-state index in [9.17, 15) is 13.2 Å². The number of nitrogens with two attached hydrogens (primary N) is 1. The number of anilines is 1. The van der Waals surface area contributed by atoms with Crippen molar-refractivity contribution < 1.29 is 17.9 Å². The van der Waals surface area contributed by atoms with Gasteiger partial charge in [0.1, 0.15) is 5.75 Å². The average molecular weight is 389 g/mol. The fourth-order valence-electron chi connectivity index (χ4n) is 3.07. The molecule has 27 heavy (non-hydrogen) atoms. The van der Waals surface area contributed by atoms with Crippen LogP contribution < -0.4 is 20.1 Å². The molecule has 0 unspecified atom stereocenters. The second kappa shape index (κ2) is 7.58. The van der Waals surface area contributed by atoms with E-state index >= 15 is 0 Å². The normalized spacial score (nSPS) is 14.6. The monoisotopic (exact) mass is 389 g/mol. The Morgan fingerprint density at radius 2 is 2.04 bits per heavy atom. The third-order valence-electron chi connectivity index (χ3n) is 4.58. The molecule has 1 aliphatic rings. The standard InChI is InChI=1S/C19H23N3O4S/c1-13(12-20)21-19(23)16-11-15(7-8-18(16)26-2)27(24,25)22-10-9-14-5-3-4-6-17(14)22/h3-8,11,13H,9-10,12,20H2,1-2H3,(H,21,23)/t13-/m0/s1. The molecule has 7 nitrogen and oxygen atoms in total. The van der Waals surface area contributed by atoms with Crippen LogP contribution in [0.25, 0.3) is 0 Å². The van der Waals surface area contributed by atoms with Crippen LogP contribution >= 0.6 is 0 Å². The number of fused-ring (bicyclic) bond motifs is 1. The predicted octanol–water partition coefficient (Wildman–Crippen LogP) is 1.52. The third kappa shape index (κ3) is 3.63. The Balaban J connectivity index is 2.00. The molecule has 2 aromatic rings. The lowest BCUT2D eigenvalue weighted by Gasteiger charge is -2.20. The number of benzene rings is 2. The molecular weight excluding hydrogens is 366 g/mol. The summed E-state index contributed by atoms with van der Waals surface area (Å²) >= 11 is 0. The molecule has 2 aromatic carbocycles. The highest BCUT2D eigenvalue weighted by Gasteiger charge is 2.31. The van der Waals surface area contributed by atoms with Gasteiger partial charge >= 0.3 is 0 Å². The number of sulfonamides is 1. The van der Waals surface area contributed by atoms with Crippen LogP contribution in [-0.4, -0.2) is 40.6 Å².